The third kappa shape index (κ3) is 5.37. The highest BCUT2D eigenvalue weighted by atomic mass is 32.2. The van der Waals surface area contributed by atoms with Gasteiger partial charge >= 0.3 is 0 Å². The predicted molar refractivity (Wildman–Crippen MR) is 127 cm³/mol. The number of thioether (sulfide) groups is 1. The minimum Gasteiger partial charge on any atom is -0.494 e. The lowest BCUT2D eigenvalue weighted by atomic mass is 10.0. The summed E-state index contributed by atoms with van der Waals surface area (Å²) in [5.74, 6) is 0.454. The van der Waals surface area contributed by atoms with Gasteiger partial charge in [0.05, 0.1) is 12.4 Å². The van der Waals surface area contributed by atoms with Crippen LogP contribution in [0.2, 0.25) is 0 Å². The second-order valence-corrected chi connectivity index (χ2v) is 8.89. The van der Waals surface area contributed by atoms with E-state index < -0.39 is 11.1 Å². The van der Waals surface area contributed by atoms with Crippen molar-refractivity contribution in [1.82, 2.24) is 14.8 Å². The van der Waals surface area contributed by atoms with E-state index in [2.05, 4.69) is 35.9 Å². The average Bonchev–Trinajstić information content (AvgIpc) is 3.16. The molecule has 3 aromatic rings. The standard InChI is InChI=1S/C24H27FN4O2S/c1-6-13-29-22(18-9-12-21(31-5)20(25)14-18)27-28-24(29)32-16(4)23(30)26-19-10-7-17(8-11-19)15(2)3/h6-12,14-16H,1,13H2,2-5H3,(H,26,30). The zero-order valence-corrected chi connectivity index (χ0v) is 19.4. The number of hydrogen-bond donors (Lipinski definition) is 1. The van der Waals surface area contributed by atoms with Crippen LogP contribution in [0.3, 0.4) is 0 Å². The van der Waals surface area contributed by atoms with Gasteiger partial charge in [-0.3, -0.25) is 9.36 Å². The van der Waals surface area contributed by atoms with E-state index in [0.29, 0.717) is 29.0 Å². The first-order valence-corrected chi connectivity index (χ1v) is 11.2. The molecule has 0 bridgehead atoms. The zero-order valence-electron chi connectivity index (χ0n) is 18.6. The van der Waals surface area contributed by atoms with Crippen LogP contribution in [0.4, 0.5) is 10.1 Å². The lowest BCUT2D eigenvalue weighted by Crippen LogP contribution is -2.23. The van der Waals surface area contributed by atoms with E-state index >= 15 is 0 Å². The van der Waals surface area contributed by atoms with Crippen molar-refractivity contribution < 1.29 is 13.9 Å². The molecule has 0 aliphatic heterocycles. The van der Waals surface area contributed by atoms with Crippen LogP contribution < -0.4 is 10.1 Å². The van der Waals surface area contributed by atoms with Crippen LogP contribution in [0.5, 0.6) is 5.75 Å². The molecule has 0 saturated carbocycles. The average molecular weight is 455 g/mol. The van der Waals surface area contributed by atoms with Crippen LogP contribution in [0, 0.1) is 5.82 Å². The summed E-state index contributed by atoms with van der Waals surface area (Å²) in [6.45, 7) is 10.3. The van der Waals surface area contributed by atoms with Gasteiger partial charge in [0.15, 0.2) is 22.5 Å². The van der Waals surface area contributed by atoms with E-state index in [0.717, 1.165) is 5.69 Å². The molecule has 8 heteroatoms. The number of ether oxygens (including phenoxy) is 1. The van der Waals surface area contributed by atoms with Gasteiger partial charge in [-0.15, -0.1) is 16.8 Å². The molecule has 1 N–H and O–H groups in total. The number of benzene rings is 2. The maximum Gasteiger partial charge on any atom is 0.237 e. The number of carbonyl (C=O) groups is 1. The van der Waals surface area contributed by atoms with Crippen LogP contribution in [0.15, 0.2) is 60.3 Å². The molecule has 6 nitrogen and oxygen atoms in total. The summed E-state index contributed by atoms with van der Waals surface area (Å²) in [5.41, 5.74) is 2.52. The molecule has 1 aromatic heterocycles. The van der Waals surface area contributed by atoms with Gasteiger partial charge < -0.3 is 10.1 Å². The Labute approximate surface area is 191 Å². The molecule has 0 saturated heterocycles. The number of hydrogen-bond acceptors (Lipinski definition) is 5. The molecule has 1 heterocycles. The van der Waals surface area contributed by atoms with E-state index in [1.54, 1.807) is 22.8 Å². The molecule has 2 aromatic carbocycles. The summed E-state index contributed by atoms with van der Waals surface area (Å²) < 4.78 is 21.0. The Morgan fingerprint density at radius 2 is 1.94 bits per heavy atom. The van der Waals surface area contributed by atoms with Crippen molar-refractivity contribution in [3.8, 4) is 17.1 Å². The number of allylic oxidation sites excluding steroid dienone is 1. The number of aromatic nitrogens is 3. The number of carbonyl (C=O) groups excluding carboxylic acids is 1. The number of nitrogens with zero attached hydrogens (tertiary/aromatic N) is 3. The Bertz CT molecular complexity index is 1100. The molecule has 0 spiro atoms. The van der Waals surface area contributed by atoms with Gasteiger partial charge in [-0.05, 0) is 48.7 Å². The second-order valence-electron chi connectivity index (χ2n) is 7.58. The van der Waals surface area contributed by atoms with Crippen molar-refractivity contribution >= 4 is 23.4 Å². The van der Waals surface area contributed by atoms with E-state index in [1.165, 1.54) is 30.5 Å². The second kappa shape index (κ2) is 10.5. The van der Waals surface area contributed by atoms with Crippen LogP contribution in [-0.2, 0) is 11.3 Å². The SMILES string of the molecule is C=CCn1c(SC(C)C(=O)Nc2ccc(C(C)C)cc2)nnc1-c1ccc(OC)c(F)c1. The first-order chi connectivity index (χ1) is 15.3. The number of rotatable bonds is 9. The summed E-state index contributed by atoms with van der Waals surface area (Å²) in [6, 6.07) is 12.5. The van der Waals surface area contributed by atoms with Gasteiger partial charge in [0, 0.05) is 17.8 Å². The maximum atomic E-state index is 14.2. The molecular formula is C24H27FN4O2S. The summed E-state index contributed by atoms with van der Waals surface area (Å²) in [4.78, 5) is 12.7. The Morgan fingerprint density at radius 3 is 2.53 bits per heavy atom. The highest BCUT2D eigenvalue weighted by Gasteiger charge is 2.21. The smallest absolute Gasteiger partial charge is 0.237 e. The summed E-state index contributed by atoms with van der Waals surface area (Å²) in [6.07, 6.45) is 1.71. The summed E-state index contributed by atoms with van der Waals surface area (Å²) >= 11 is 1.28. The Morgan fingerprint density at radius 1 is 1.22 bits per heavy atom. The molecular weight excluding hydrogens is 427 g/mol. The molecule has 1 unspecified atom stereocenters. The lowest BCUT2D eigenvalue weighted by molar-refractivity contribution is -0.115. The molecule has 0 fully saturated rings. The fraction of sp³-hybridized carbons (Fsp3) is 0.292. The molecule has 168 valence electrons. The van der Waals surface area contributed by atoms with Crippen LogP contribution >= 0.6 is 11.8 Å². The molecule has 3 rings (SSSR count). The first kappa shape index (κ1) is 23.5. The van der Waals surface area contributed by atoms with Gasteiger partial charge in [-0.2, -0.15) is 0 Å². The van der Waals surface area contributed by atoms with Crippen molar-refractivity contribution in [1.29, 1.82) is 0 Å². The lowest BCUT2D eigenvalue weighted by Gasteiger charge is -2.14. The number of nitrogens with one attached hydrogen (secondary N) is 1. The van der Waals surface area contributed by atoms with Crippen molar-refractivity contribution in [2.45, 2.75) is 43.6 Å². The van der Waals surface area contributed by atoms with E-state index in [1.807, 2.05) is 31.2 Å². The van der Waals surface area contributed by atoms with Gasteiger partial charge in [-0.25, -0.2) is 4.39 Å². The number of methoxy groups -OCH3 is 1. The van der Waals surface area contributed by atoms with Crippen molar-refractivity contribution in [3.63, 3.8) is 0 Å². The molecule has 0 aliphatic carbocycles. The van der Waals surface area contributed by atoms with Crippen LogP contribution in [0.1, 0.15) is 32.3 Å². The molecule has 0 aliphatic rings. The van der Waals surface area contributed by atoms with Crippen molar-refractivity contribution in [2.75, 3.05) is 12.4 Å². The number of anilines is 1. The Hall–Kier alpha value is -3.13. The maximum absolute atomic E-state index is 14.2. The molecule has 32 heavy (non-hydrogen) atoms. The topological polar surface area (TPSA) is 69.0 Å². The summed E-state index contributed by atoms with van der Waals surface area (Å²) in [5, 5.41) is 11.5. The van der Waals surface area contributed by atoms with E-state index in [-0.39, 0.29) is 11.7 Å². The van der Waals surface area contributed by atoms with E-state index in [9.17, 15) is 9.18 Å². The fourth-order valence-electron chi connectivity index (χ4n) is 3.10. The third-order valence-electron chi connectivity index (χ3n) is 4.93. The monoisotopic (exact) mass is 454 g/mol. The zero-order chi connectivity index (χ0) is 23.3. The Balaban J connectivity index is 1.76. The van der Waals surface area contributed by atoms with Gasteiger partial charge in [-0.1, -0.05) is 43.8 Å². The highest BCUT2D eigenvalue weighted by Crippen LogP contribution is 2.29. The molecule has 0 radical (unpaired) electrons. The third-order valence-corrected chi connectivity index (χ3v) is 6.02. The van der Waals surface area contributed by atoms with Crippen LogP contribution in [-0.4, -0.2) is 33.0 Å². The number of amides is 1. The van der Waals surface area contributed by atoms with Gasteiger partial charge in [0.2, 0.25) is 5.91 Å². The van der Waals surface area contributed by atoms with Crippen molar-refractivity contribution in [3.05, 3.63) is 66.5 Å². The predicted octanol–water partition coefficient (Wildman–Crippen LogP) is 5.52. The minimum atomic E-state index is -0.483. The van der Waals surface area contributed by atoms with Gasteiger partial charge in [0.1, 0.15) is 0 Å². The first-order valence-electron chi connectivity index (χ1n) is 10.3. The summed E-state index contributed by atoms with van der Waals surface area (Å²) in [7, 11) is 1.41. The normalized spacial score (nSPS) is 11.9. The minimum absolute atomic E-state index is 0.141. The molecule has 1 amide bonds. The van der Waals surface area contributed by atoms with E-state index in [4.69, 9.17) is 4.74 Å². The largest absolute Gasteiger partial charge is 0.494 e. The number of halogens is 1. The quantitative estimate of drug-likeness (QED) is 0.340. The highest BCUT2D eigenvalue weighted by molar-refractivity contribution is 8.00. The fourth-order valence-corrected chi connectivity index (χ4v) is 3.95. The molecule has 1 atom stereocenters. The van der Waals surface area contributed by atoms with Crippen molar-refractivity contribution in [2.24, 2.45) is 0 Å². The van der Waals surface area contributed by atoms with Gasteiger partial charge in [0.25, 0.3) is 0 Å². The Kier molecular flexibility index (Phi) is 7.69. The van der Waals surface area contributed by atoms with Crippen LogP contribution in [0.25, 0.3) is 11.4 Å².